The summed E-state index contributed by atoms with van der Waals surface area (Å²) in [5, 5.41) is 18.3. The van der Waals surface area contributed by atoms with Gasteiger partial charge in [0, 0.05) is 36.3 Å². The Morgan fingerprint density at radius 2 is 2.23 bits per heavy atom. The average Bonchev–Trinajstić information content (AvgIpc) is 3.20. The summed E-state index contributed by atoms with van der Waals surface area (Å²) in [6.45, 7) is 4.37. The lowest BCUT2D eigenvalue weighted by Crippen LogP contribution is -2.41. The zero-order valence-corrected chi connectivity index (χ0v) is 19.0. The van der Waals surface area contributed by atoms with Crippen molar-refractivity contribution in [3.8, 4) is 0 Å². The highest BCUT2D eigenvalue weighted by atomic mass is 35.5. The number of piperidine rings is 1. The van der Waals surface area contributed by atoms with Crippen LogP contribution in [0.5, 0.6) is 0 Å². The Hall–Kier alpha value is -1.94. The third-order valence-electron chi connectivity index (χ3n) is 6.31. The molecule has 2 fully saturated rings. The zero-order valence-electron chi connectivity index (χ0n) is 17.4. The van der Waals surface area contributed by atoms with Crippen LogP contribution in [0.2, 0.25) is 5.02 Å². The van der Waals surface area contributed by atoms with Gasteiger partial charge in [0.25, 0.3) is 0 Å². The second-order valence-corrected chi connectivity index (χ2v) is 9.71. The van der Waals surface area contributed by atoms with E-state index >= 15 is 0 Å². The van der Waals surface area contributed by atoms with E-state index in [4.69, 9.17) is 27.5 Å². The lowest BCUT2D eigenvalue weighted by atomic mass is 9.75. The van der Waals surface area contributed by atoms with Crippen molar-refractivity contribution in [2.75, 3.05) is 30.3 Å². The quantitative estimate of drug-likeness (QED) is 0.441. The van der Waals surface area contributed by atoms with Gasteiger partial charge in [-0.15, -0.1) is 0 Å². The molecule has 2 aromatic heterocycles. The first-order valence-corrected chi connectivity index (χ1v) is 11.6. The Bertz CT molecular complexity index is 953. The molecule has 1 spiro atoms. The fourth-order valence-electron chi connectivity index (χ4n) is 4.28. The second kappa shape index (κ2) is 9.28. The van der Waals surface area contributed by atoms with E-state index in [0.717, 1.165) is 49.5 Å². The molecule has 10 heteroatoms. The highest BCUT2D eigenvalue weighted by Crippen LogP contribution is 2.44. The normalized spacial score (nSPS) is 21.4. The number of anilines is 2. The van der Waals surface area contributed by atoms with E-state index in [1.807, 2.05) is 6.92 Å². The number of hydrogen-bond acceptors (Lipinski definition) is 9. The van der Waals surface area contributed by atoms with E-state index in [2.05, 4.69) is 19.9 Å². The number of aromatic nitrogens is 3. The van der Waals surface area contributed by atoms with Gasteiger partial charge in [0.15, 0.2) is 5.16 Å². The maximum Gasteiger partial charge on any atom is 0.192 e. The zero-order chi connectivity index (χ0) is 22.0. The molecule has 0 amide bonds. The first-order valence-electron chi connectivity index (χ1n) is 10.4. The van der Waals surface area contributed by atoms with Crippen molar-refractivity contribution < 1.29 is 9.84 Å². The van der Waals surface area contributed by atoms with Gasteiger partial charge in [-0.2, -0.15) is 0 Å². The van der Waals surface area contributed by atoms with Crippen LogP contribution in [0.3, 0.4) is 0 Å². The van der Waals surface area contributed by atoms with Crippen LogP contribution < -0.4 is 10.6 Å². The second-order valence-electron chi connectivity index (χ2n) is 8.32. The molecular weight excluding hydrogens is 436 g/mol. The molecule has 2 saturated heterocycles. The molecule has 2 atom stereocenters. The van der Waals surface area contributed by atoms with Gasteiger partial charge in [0.2, 0.25) is 0 Å². The van der Waals surface area contributed by atoms with Gasteiger partial charge in [0.1, 0.15) is 5.82 Å². The molecular formula is C21H27ClN6O2S. The summed E-state index contributed by atoms with van der Waals surface area (Å²) in [7, 11) is 0. The molecule has 4 heterocycles. The number of aliphatic hydroxyl groups excluding tert-OH is 1. The molecule has 8 nitrogen and oxygen atoms in total. The van der Waals surface area contributed by atoms with Gasteiger partial charge in [-0.05, 0) is 42.5 Å². The molecule has 2 aliphatic rings. The molecule has 2 aromatic rings. The van der Waals surface area contributed by atoms with Crippen LogP contribution >= 0.6 is 23.4 Å². The molecule has 0 radical (unpaired) electrons. The topological polar surface area (TPSA) is 121 Å². The lowest BCUT2D eigenvalue weighted by Gasteiger charge is -2.40. The fraction of sp³-hybridized carbons (Fsp3) is 0.524. The van der Waals surface area contributed by atoms with Crippen LogP contribution in [0.1, 0.15) is 31.9 Å². The summed E-state index contributed by atoms with van der Waals surface area (Å²) < 4.78 is 6.01. The summed E-state index contributed by atoms with van der Waals surface area (Å²) in [5.41, 5.74) is 7.42. The maximum atomic E-state index is 9.94. The number of hydrogen-bond donors (Lipinski definition) is 3. The lowest BCUT2D eigenvalue weighted by molar-refractivity contribution is 0.0746. The molecule has 0 aromatic carbocycles. The first kappa shape index (κ1) is 22.3. The molecule has 0 bridgehead atoms. The third kappa shape index (κ3) is 4.64. The van der Waals surface area contributed by atoms with E-state index in [1.165, 1.54) is 18.0 Å². The molecule has 0 unspecified atom stereocenters. The highest BCUT2D eigenvalue weighted by molar-refractivity contribution is 7.99. The summed E-state index contributed by atoms with van der Waals surface area (Å²) in [4.78, 5) is 16.0. The van der Waals surface area contributed by atoms with E-state index < -0.39 is 0 Å². The van der Waals surface area contributed by atoms with Crippen LogP contribution in [-0.2, 0) is 11.3 Å². The SMILES string of the molecule is C[C@@H](C=N)[C@H]1CC2(CCN(c3cnc(Sc4ccnc(N)c4Cl)nc3CO)CC2)CO1. The number of aliphatic hydroxyl groups is 1. The van der Waals surface area contributed by atoms with Crippen molar-refractivity contribution in [3.63, 3.8) is 0 Å². The predicted octanol–water partition coefficient (Wildman–Crippen LogP) is 3.41. The average molecular weight is 463 g/mol. The minimum atomic E-state index is -0.165. The molecule has 0 aliphatic carbocycles. The van der Waals surface area contributed by atoms with Gasteiger partial charge in [-0.3, -0.25) is 0 Å². The number of nitrogen functional groups attached to an aromatic ring is 1. The Morgan fingerprint density at radius 1 is 1.45 bits per heavy atom. The summed E-state index contributed by atoms with van der Waals surface area (Å²) in [5.74, 6) is 0.419. The molecule has 4 rings (SSSR count). The number of pyridine rings is 1. The first-order chi connectivity index (χ1) is 14.9. The van der Waals surface area contributed by atoms with Crippen LogP contribution in [-0.4, -0.2) is 52.1 Å². The van der Waals surface area contributed by atoms with Crippen LogP contribution in [0.25, 0.3) is 0 Å². The minimum Gasteiger partial charge on any atom is -0.390 e. The van der Waals surface area contributed by atoms with Crippen molar-refractivity contribution in [2.45, 2.75) is 48.9 Å². The van der Waals surface area contributed by atoms with Crippen molar-refractivity contribution >= 4 is 41.1 Å². The summed E-state index contributed by atoms with van der Waals surface area (Å²) >= 11 is 7.52. The van der Waals surface area contributed by atoms with E-state index in [9.17, 15) is 5.11 Å². The van der Waals surface area contributed by atoms with Crippen molar-refractivity contribution in [2.24, 2.45) is 11.3 Å². The Kier molecular flexibility index (Phi) is 6.66. The number of nitrogens with one attached hydrogen (secondary N) is 1. The smallest absolute Gasteiger partial charge is 0.192 e. The fourth-order valence-corrected chi connectivity index (χ4v) is 5.29. The van der Waals surface area contributed by atoms with Crippen molar-refractivity contribution in [1.82, 2.24) is 15.0 Å². The minimum absolute atomic E-state index is 0.144. The number of nitrogens with two attached hydrogens (primary N) is 1. The number of ether oxygens (including phenoxy) is 1. The van der Waals surface area contributed by atoms with Crippen LogP contribution in [0.15, 0.2) is 28.5 Å². The largest absolute Gasteiger partial charge is 0.390 e. The summed E-state index contributed by atoms with van der Waals surface area (Å²) in [6.07, 6.45) is 8.04. The highest BCUT2D eigenvalue weighted by Gasteiger charge is 2.43. The molecule has 0 saturated carbocycles. The Labute approximate surface area is 191 Å². The van der Waals surface area contributed by atoms with E-state index in [1.54, 1.807) is 18.5 Å². The monoisotopic (exact) mass is 462 g/mol. The number of halogens is 1. The maximum absolute atomic E-state index is 9.94. The van der Waals surface area contributed by atoms with Gasteiger partial charge in [-0.1, -0.05) is 18.5 Å². The van der Waals surface area contributed by atoms with Gasteiger partial charge < -0.3 is 25.9 Å². The van der Waals surface area contributed by atoms with Crippen LogP contribution in [0, 0.1) is 16.7 Å². The van der Waals surface area contributed by atoms with Gasteiger partial charge >= 0.3 is 0 Å². The molecule has 31 heavy (non-hydrogen) atoms. The molecule has 4 N–H and O–H groups in total. The molecule has 2 aliphatic heterocycles. The molecule has 166 valence electrons. The van der Waals surface area contributed by atoms with E-state index in [-0.39, 0.29) is 29.9 Å². The van der Waals surface area contributed by atoms with Crippen molar-refractivity contribution in [3.05, 3.63) is 29.2 Å². The van der Waals surface area contributed by atoms with Crippen molar-refractivity contribution in [1.29, 1.82) is 5.41 Å². The summed E-state index contributed by atoms with van der Waals surface area (Å²) in [6, 6.07) is 1.76. The van der Waals surface area contributed by atoms with Gasteiger partial charge in [-0.25, -0.2) is 15.0 Å². The van der Waals surface area contributed by atoms with E-state index in [0.29, 0.717) is 15.9 Å². The number of nitrogens with zero attached hydrogens (tertiary/aromatic N) is 4. The Balaban J connectivity index is 1.45. The Morgan fingerprint density at radius 3 is 2.94 bits per heavy atom. The standard InChI is InChI=1S/C21H27ClN6O2S/c1-13(9-23)16-8-21(12-30-16)3-6-28(7-4-21)15-10-26-20(27-14(15)11-29)31-17-2-5-25-19(24)18(17)22/h2,5,9-10,13,16,23,29H,3-4,6-8,11-12H2,1H3,(H2,24,25)/t13-,16+/m0/s1. The predicted molar refractivity (Wildman–Crippen MR) is 122 cm³/mol. The number of rotatable bonds is 6. The van der Waals surface area contributed by atoms with Crippen LogP contribution in [0.4, 0.5) is 11.5 Å². The third-order valence-corrected chi connectivity index (χ3v) is 7.76. The van der Waals surface area contributed by atoms with Gasteiger partial charge in [0.05, 0.1) is 41.9 Å².